The minimum absolute atomic E-state index is 0.170. The molecule has 0 saturated heterocycles. The number of hydrogen-bond donors (Lipinski definition) is 2. The summed E-state index contributed by atoms with van der Waals surface area (Å²) in [5, 5.41) is 6.48. The quantitative estimate of drug-likeness (QED) is 0.877. The topological polar surface area (TPSA) is 36.4 Å². The average Bonchev–Trinajstić information content (AvgIpc) is 2.39. The molecule has 1 aliphatic rings. The lowest BCUT2D eigenvalue weighted by Crippen LogP contribution is -2.40. The number of hydrogen-bond acceptors (Lipinski definition) is 4. The van der Waals surface area contributed by atoms with Crippen LogP contribution in [0.2, 0.25) is 0 Å². The number of halogens is 1. The zero-order chi connectivity index (χ0) is 12.8. The van der Waals surface area contributed by atoms with Crippen LogP contribution in [-0.2, 0) is 12.3 Å². The van der Waals surface area contributed by atoms with Crippen LogP contribution >= 0.6 is 11.8 Å². The number of thioether (sulfide) groups is 1. The molecular weight excluding hydrogens is 249 g/mol. The molecule has 18 heavy (non-hydrogen) atoms. The van der Waals surface area contributed by atoms with E-state index in [-0.39, 0.29) is 5.82 Å². The van der Waals surface area contributed by atoms with E-state index in [0.29, 0.717) is 6.54 Å². The summed E-state index contributed by atoms with van der Waals surface area (Å²) in [7, 11) is 0. The van der Waals surface area contributed by atoms with Gasteiger partial charge in [-0.25, -0.2) is 4.39 Å². The molecule has 98 valence electrons. The molecule has 1 aromatic rings. The molecule has 1 aromatic carbocycles. The van der Waals surface area contributed by atoms with Gasteiger partial charge in [0.1, 0.15) is 5.82 Å². The molecule has 0 amide bonds. The van der Waals surface area contributed by atoms with Gasteiger partial charge in [0.05, 0.1) is 0 Å². The van der Waals surface area contributed by atoms with Gasteiger partial charge in [-0.2, -0.15) is 11.8 Å². The first kappa shape index (κ1) is 13.2. The van der Waals surface area contributed by atoms with E-state index >= 15 is 0 Å². The van der Waals surface area contributed by atoms with E-state index in [0.717, 1.165) is 42.3 Å². The Hall–Kier alpha value is -1.23. The van der Waals surface area contributed by atoms with Crippen molar-refractivity contribution in [3.8, 4) is 0 Å². The fraction of sp³-hybridized carbons (Fsp3) is 0.462. The smallest absolute Gasteiger partial charge is 0.191 e. The van der Waals surface area contributed by atoms with Crippen LogP contribution in [0.25, 0.3) is 0 Å². The van der Waals surface area contributed by atoms with Crippen molar-refractivity contribution >= 4 is 17.7 Å². The molecule has 0 saturated carbocycles. The molecule has 1 aliphatic heterocycles. The molecule has 0 bridgehead atoms. The third kappa shape index (κ3) is 3.63. The highest BCUT2D eigenvalue weighted by atomic mass is 32.2. The molecule has 5 heteroatoms. The predicted octanol–water partition coefficient (Wildman–Crippen LogP) is 2.13. The number of nitrogens with one attached hydrogen (secondary N) is 2. The van der Waals surface area contributed by atoms with Crippen molar-refractivity contribution in [3.63, 3.8) is 0 Å². The van der Waals surface area contributed by atoms with Crippen molar-refractivity contribution in [3.05, 3.63) is 35.1 Å². The van der Waals surface area contributed by atoms with E-state index in [1.165, 1.54) is 6.07 Å². The van der Waals surface area contributed by atoms with Crippen molar-refractivity contribution in [2.75, 3.05) is 19.3 Å². The summed E-state index contributed by atoms with van der Waals surface area (Å²) in [6, 6.07) is 4.97. The zero-order valence-electron chi connectivity index (χ0n) is 10.5. The molecular formula is C13H18FN3S. The summed E-state index contributed by atoms with van der Waals surface area (Å²) in [5.74, 6) is 1.51. The minimum atomic E-state index is -0.170. The summed E-state index contributed by atoms with van der Waals surface area (Å²) >= 11 is 1.70. The molecule has 0 unspecified atom stereocenters. The van der Waals surface area contributed by atoms with E-state index < -0.39 is 0 Å². The van der Waals surface area contributed by atoms with Gasteiger partial charge >= 0.3 is 0 Å². The summed E-state index contributed by atoms with van der Waals surface area (Å²) in [4.78, 5) is 4.35. The monoisotopic (exact) mass is 267 g/mol. The van der Waals surface area contributed by atoms with Gasteiger partial charge in [0.2, 0.25) is 0 Å². The van der Waals surface area contributed by atoms with Gasteiger partial charge in [0.25, 0.3) is 0 Å². The van der Waals surface area contributed by atoms with Crippen molar-refractivity contribution in [1.29, 1.82) is 0 Å². The van der Waals surface area contributed by atoms with Gasteiger partial charge in [0, 0.05) is 25.4 Å². The summed E-state index contributed by atoms with van der Waals surface area (Å²) < 4.78 is 13.2. The third-order valence-electron chi connectivity index (χ3n) is 2.81. The summed E-state index contributed by atoms with van der Waals surface area (Å²) in [6.45, 7) is 2.52. The highest BCUT2D eigenvalue weighted by Gasteiger charge is 2.07. The van der Waals surface area contributed by atoms with E-state index in [9.17, 15) is 4.39 Å². The molecule has 0 radical (unpaired) electrons. The standard InChI is InChI=1S/C13H18FN3S/c1-18-9-11-7-12(14)4-3-10(11)8-17-13-15-5-2-6-16-13/h3-4,7H,2,5-6,8-9H2,1H3,(H2,15,16,17). The number of nitrogens with zero attached hydrogens (tertiary/aromatic N) is 1. The van der Waals surface area contributed by atoms with Crippen molar-refractivity contribution < 1.29 is 4.39 Å². The first-order chi connectivity index (χ1) is 8.79. The molecule has 2 N–H and O–H groups in total. The van der Waals surface area contributed by atoms with Crippen LogP contribution in [-0.4, -0.2) is 25.3 Å². The van der Waals surface area contributed by atoms with Gasteiger partial charge < -0.3 is 10.6 Å². The maximum Gasteiger partial charge on any atom is 0.191 e. The maximum absolute atomic E-state index is 13.2. The first-order valence-electron chi connectivity index (χ1n) is 6.08. The molecule has 0 spiro atoms. The Morgan fingerprint density at radius 2 is 2.33 bits per heavy atom. The molecule has 2 rings (SSSR count). The lowest BCUT2D eigenvalue weighted by Gasteiger charge is -2.17. The maximum atomic E-state index is 13.2. The van der Waals surface area contributed by atoms with Gasteiger partial charge in [-0.15, -0.1) is 0 Å². The highest BCUT2D eigenvalue weighted by Crippen LogP contribution is 2.16. The van der Waals surface area contributed by atoms with Gasteiger partial charge in [-0.05, 0) is 35.9 Å². The number of aliphatic imine (C=N–C) groups is 1. The van der Waals surface area contributed by atoms with Crippen molar-refractivity contribution in [2.24, 2.45) is 4.99 Å². The lowest BCUT2D eigenvalue weighted by atomic mass is 10.1. The summed E-state index contributed by atoms with van der Waals surface area (Å²) in [6.07, 6.45) is 3.11. The molecule has 0 aromatic heterocycles. The third-order valence-corrected chi connectivity index (χ3v) is 3.41. The Kier molecular flexibility index (Phi) is 4.87. The molecule has 0 atom stereocenters. The lowest BCUT2D eigenvalue weighted by molar-refractivity contribution is 0.624. The predicted molar refractivity (Wildman–Crippen MR) is 75.4 cm³/mol. The largest absolute Gasteiger partial charge is 0.356 e. The second kappa shape index (κ2) is 6.64. The molecule has 0 aliphatic carbocycles. The van der Waals surface area contributed by atoms with Crippen LogP contribution in [0.3, 0.4) is 0 Å². The molecule has 3 nitrogen and oxygen atoms in total. The van der Waals surface area contributed by atoms with Gasteiger partial charge in [-0.3, -0.25) is 4.99 Å². The van der Waals surface area contributed by atoms with Crippen LogP contribution < -0.4 is 10.6 Å². The molecule has 0 fully saturated rings. The van der Waals surface area contributed by atoms with E-state index in [1.807, 2.05) is 12.3 Å². The SMILES string of the molecule is CSCc1cc(F)ccc1CNC1=NCCCN1. The Morgan fingerprint density at radius 1 is 1.44 bits per heavy atom. The van der Waals surface area contributed by atoms with Crippen molar-refractivity contribution in [2.45, 2.75) is 18.7 Å². The van der Waals surface area contributed by atoms with Crippen LogP contribution in [0.5, 0.6) is 0 Å². The summed E-state index contributed by atoms with van der Waals surface area (Å²) in [5.41, 5.74) is 2.17. The van der Waals surface area contributed by atoms with Crippen LogP contribution in [0, 0.1) is 5.82 Å². The van der Waals surface area contributed by atoms with Crippen LogP contribution in [0.4, 0.5) is 4.39 Å². The molecule has 1 heterocycles. The second-order valence-electron chi connectivity index (χ2n) is 4.21. The second-order valence-corrected chi connectivity index (χ2v) is 5.08. The first-order valence-corrected chi connectivity index (χ1v) is 7.47. The number of rotatable bonds is 4. The van der Waals surface area contributed by atoms with Gasteiger partial charge in [-0.1, -0.05) is 6.07 Å². The average molecular weight is 267 g/mol. The van der Waals surface area contributed by atoms with E-state index in [4.69, 9.17) is 0 Å². The van der Waals surface area contributed by atoms with E-state index in [1.54, 1.807) is 17.8 Å². The minimum Gasteiger partial charge on any atom is -0.356 e. The fourth-order valence-corrected chi connectivity index (χ4v) is 2.47. The Bertz CT molecular complexity index is 434. The Morgan fingerprint density at radius 3 is 3.06 bits per heavy atom. The van der Waals surface area contributed by atoms with Crippen LogP contribution in [0.15, 0.2) is 23.2 Å². The number of benzene rings is 1. The Labute approximate surface area is 111 Å². The van der Waals surface area contributed by atoms with Crippen LogP contribution in [0.1, 0.15) is 17.5 Å². The highest BCUT2D eigenvalue weighted by molar-refractivity contribution is 7.97. The number of guanidine groups is 1. The van der Waals surface area contributed by atoms with Gasteiger partial charge in [0.15, 0.2) is 5.96 Å². The van der Waals surface area contributed by atoms with Crippen molar-refractivity contribution in [1.82, 2.24) is 10.6 Å². The fourth-order valence-electron chi connectivity index (χ4n) is 1.89. The Balaban J connectivity index is 2.01. The van der Waals surface area contributed by atoms with E-state index in [2.05, 4.69) is 15.6 Å². The zero-order valence-corrected chi connectivity index (χ0v) is 11.3. The normalized spacial score (nSPS) is 14.9.